The van der Waals surface area contributed by atoms with Crippen molar-refractivity contribution >= 4 is 28.3 Å². The van der Waals surface area contributed by atoms with Crippen molar-refractivity contribution in [3.05, 3.63) is 40.9 Å². The first-order chi connectivity index (χ1) is 12.2. The number of likely N-dealkylation sites (tertiary alicyclic amines) is 1. The smallest absolute Gasteiger partial charge is 0.253 e. The molecule has 2 amide bonds. The van der Waals surface area contributed by atoms with Crippen molar-refractivity contribution in [1.82, 2.24) is 15.1 Å². The number of anilines is 1. The van der Waals surface area contributed by atoms with E-state index in [1.807, 2.05) is 35.2 Å². The number of aromatic nitrogens is 2. The number of piperidine rings is 1. The summed E-state index contributed by atoms with van der Waals surface area (Å²) in [4.78, 5) is 26.7. The minimum atomic E-state index is -0.0849. The minimum Gasteiger partial charge on any atom is -0.339 e. The van der Waals surface area contributed by atoms with Gasteiger partial charge in [-0.15, -0.1) is 10.2 Å². The summed E-state index contributed by atoms with van der Waals surface area (Å²) in [7, 11) is 0. The fourth-order valence-electron chi connectivity index (χ4n) is 2.93. The van der Waals surface area contributed by atoms with Crippen LogP contribution in [0.4, 0.5) is 5.13 Å². The molecule has 7 heteroatoms. The maximum absolute atomic E-state index is 12.4. The third-order valence-electron chi connectivity index (χ3n) is 4.33. The number of nitrogens with one attached hydrogen (secondary N) is 1. The maximum atomic E-state index is 12.4. The normalized spacial score (nSPS) is 15.2. The first kappa shape index (κ1) is 17.5. The Kier molecular flexibility index (Phi) is 5.75. The minimum absolute atomic E-state index is 0.0222. The molecule has 1 aromatic heterocycles. The highest BCUT2D eigenvalue weighted by Gasteiger charge is 2.28. The molecule has 132 valence electrons. The zero-order valence-electron chi connectivity index (χ0n) is 14.3. The molecule has 1 N–H and O–H groups in total. The van der Waals surface area contributed by atoms with E-state index in [2.05, 4.69) is 22.4 Å². The van der Waals surface area contributed by atoms with Crippen LogP contribution < -0.4 is 5.32 Å². The molecule has 0 atom stereocenters. The van der Waals surface area contributed by atoms with Gasteiger partial charge in [-0.05, 0) is 31.4 Å². The van der Waals surface area contributed by atoms with E-state index in [1.165, 1.54) is 11.3 Å². The topological polar surface area (TPSA) is 75.2 Å². The fraction of sp³-hybridized carbons (Fsp3) is 0.444. The van der Waals surface area contributed by atoms with Gasteiger partial charge in [-0.25, -0.2) is 0 Å². The summed E-state index contributed by atoms with van der Waals surface area (Å²) in [5.41, 5.74) is 0.697. The van der Waals surface area contributed by atoms with E-state index in [0.29, 0.717) is 36.6 Å². The van der Waals surface area contributed by atoms with Crippen LogP contribution in [-0.2, 0) is 11.2 Å². The predicted molar refractivity (Wildman–Crippen MR) is 97.6 cm³/mol. The molecule has 0 spiro atoms. The standard InChI is InChI=1S/C18H22N4O2S/c1-2-6-15-20-21-18(25-15)19-16(23)13-9-11-22(12-10-13)17(24)14-7-4-3-5-8-14/h3-5,7-8,13H,2,6,9-12H2,1H3,(H,19,21,23). The van der Waals surface area contributed by atoms with Gasteiger partial charge in [0.25, 0.3) is 5.91 Å². The first-order valence-corrected chi connectivity index (χ1v) is 9.46. The molecule has 0 radical (unpaired) electrons. The Morgan fingerprint density at radius 2 is 1.92 bits per heavy atom. The Morgan fingerprint density at radius 1 is 1.20 bits per heavy atom. The van der Waals surface area contributed by atoms with Crippen molar-refractivity contribution in [3.8, 4) is 0 Å². The van der Waals surface area contributed by atoms with Crippen LogP contribution in [0.2, 0.25) is 0 Å². The molecule has 2 aromatic rings. The van der Waals surface area contributed by atoms with Crippen molar-refractivity contribution in [2.45, 2.75) is 32.6 Å². The molecular formula is C18H22N4O2S. The van der Waals surface area contributed by atoms with Crippen molar-refractivity contribution in [1.29, 1.82) is 0 Å². The zero-order valence-corrected chi connectivity index (χ0v) is 15.1. The lowest BCUT2D eigenvalue weighted by atomic mass is 9.95. The second-order valence-corrected chi connectivity index (χ2v) is 7.23. The van der Waals surface area contributed by atoms with Crippen LogP contribution in [0.1, 0.15) is 41.6 Å². The highest BCUT2D eigenvalue weighted by Crippen LogP contribution is 2.22. The summed E-state index contributed by atoms with van der Waals surface area (Å²) in [5.74, 6) is -0.0721. The van der Waals surface area contributed by atoms with Crippen LogP contribution in [0.25, 0.3) is 0 Å². The number of benzene rings is 1. The van der Waals surface area contributed by atoms with Gasteiger partial charge in [-0.1, -0.05) is 36.5 Å². The molecule has 2 heterocycles. The van der Waals surface area contributed by atoms with E-state index in [9.17, 15) is 9.59 Å². The molecule has 1 aliphatic heterocycles. The number of hydrogen-bond acceptors (Lipinski definition) is 5. The number of rotatable bonds is 5. The highest BCUT2D eigenvalue weighted by molar-refractivity contribution is 7.15. The van der Waals surface area contributed by atoms with Crippen molar-refractivity contribution in [3.63, 3.8) is 0 Å². The van der Waals surface area contributed by atoms with Crippen molar-refractivity contribution < 1.29 is 9.59 Å². The monoisotopic (exact) mass is 358 g/mol. The van der Waals surface area contributed by atoms with E-state index in [1.54, 1.807) is 0 Å². The first-order valence-electron chi connectivity index (χ1n) is 8.65. The summed E-state index contributed by atoms with van der Waals surface area (Å²) in [6.07, 6.45) is 3.24. The van der Waals surface area contributed by atoms with E-state index < -0.39 is 0 Å². The van der Waals surface area contributed by atoms with Gasteiger partial charge in [0.2, 0.25) is 11.0 Å². The van der Waals surface area contributed by atoms with Gasteiger partial charge in [0, 0.05) is 31.0 Å². The van der Waals surface area contributed by atoms with Crippen LogP contribution in [0, 0.1) is 5.92 Å². The number of carbonyl (C=O) groups is 2. The molecule has 0 unspecified atom stereocenters. The highest BCUT2D eigenvalue weighted by atomic mass is 32.1. The van der Waals surface area contributed by atoms with Gasteiger partial charge in [-0.2, -0.15) is 0 Å². The van der Waals surface area contributed by atoms with E-state index in [0.717, 1.165) is 17.8 Å². The van der Waals surface area contributed by atoms with Gasteiger partial charge < -0.3 is 10.2 Å². The summed E-state index contributed by atoms with van der Waals surface area (Å²) < 4.78 is 0. The summed E-state index contributed by atoms with van der Waals surface area (Å²) >= 11 is 1.43. The van der Waals surface area contributed by atoms with Crippen LogP contribution in [-0.4, -0.2) is 40.0 Å². The lowest BCUT2D eigenvalue weighted by molar-refractivity contribution is -0.121. The number of nitrogens with zero attached hydrogens (tertiary/aromatic N) is 3. The second kappa shape index (κ2) is 8.20. The fourth-order valence-corrected chi connectivity index (χ4v) is 3.78. The van der Waals surface area contributed by atoms with Gasteiger partial charge in [-0.3, -0.25) is 9.59 Å². The average molecular weight is 358 g/mol. The lowest BCUT2D eigenvalue weighted by Gasteiger charge is -2.31. The van der Waals surface area contributed by atoms with Crippen molar-refractivity contribution in [2.75, 3.05) is 18.4 Å². The van der Waals surface area contributed by atoms with Gasteiger partial charge in [0.1, 0.15) is 5.01 Å². The molecule has 0 aliphatic carbocycles. The average Bonchev–Trinajstić information content (AvgIpc) is 3.09. The lowest BCUT2D eigenvalue weighted by Crippen LogP contribution is -2.41. The summed E-state index contributed by atoms with van der Waals surface area (Å²) in [6.45, 7) is 3.29. The molecule has 1 fully saturated rings. The third kappa shape index (κ3) is 4.42. The molecule has 1 aromatic carbocycles. The van der Waals surface area contributed by atoms with E-state index in [-0.39, 0.29) is 17.7 Å². The second-order valence-electron chi connectivity index (χ2n) is 6.17. The molecular weight excluding hydrogens is 336 g/mol. The zero-order chi connectivity index (χ0) is 17.6. The number of aryl methyl sites for hydroxylation is 1. The van der Waals surface area contributed by atoms with E-state index >= 15 is 0 Å². The van der Waals surface area contributed by atoms with E-state index in [4.69, 9.17) is 0 Å². The molecule has 6 nitrogen and oxygen atoms in total. The van der Waals surface area contributed by atoms with Gasteiger partial charge in [0.15, 0.2) is 0 Å². The van der Waals surface area contributed by atoms with Crippen LogP contribution >= 0.6 is 11.3 Å². The van der Waals surface area contributed by atoms with Crippen LogP contribution in [0.15, 0.2) is 30.3 Å². The Hall–Kier alpha value is -2.28. The van der Waals surface area contributed by atoms with Crippen molar-refractivity contribution in [2.24, 2.45) is 5.92 Å². The molecule has 25 heavy (non-hydrogen) atoms. The van der Waals surface area contributed by atoms with Gasteiger partial charge in [0.05, 0.1) is 0 Å². The molecule has 1 saturated heterocycles. The maximum Gasteiger partial charge on any atom is 0.253 e. The van der Waals surface area contributed by atoms with Crippen LogP contribution in [0.3, 0.4) is 0 Å². The number of hydrogen-bond donors (Lipinski definition) is 1. The summed E-state index contributed by atoms with van der Waals surface area (Å²) in [5, 5.41) is 12.5. The van der Waals surface area contributed by atoms with Crippen LogP contribution in [0.5, 0.6) is 0 Å². The Morgan fingerprint density at radius 3 is 2.60 bits per heavy atom. The summed E-state index contributed by atoms with van der Waals surface area (Å²) in [6, 6.07) is 9.27. The molecule has 0 saturated carbocycles. The predicted octanol–water partition coefficient (Wildman–Crippen LogP) is 2.98. The quantitative estimate of drug-likeness (QED) is 0.891. The number of amides is 2. The Bertz CT molecular complexity index is 724. The Labute approximate surface area is 151 Å². The molecule has 3 rings (SSSR count). The number of carbonyl (C=O) groups excluding carboxylic acids is 2. The SMILES string of the molecule is CCCc1nnc(NC(=O)C2CCN(C(=O)c3ccccc3)CC2)s1. The Balaban J connectivity index is 1.51. The largest absolute Gasteiger partial charge is 0.339 e. The molecule has 1 aliphatic rings. The third-order valence-corrected chi connectivity index (χ3v) is 5.23. The van der Waals surface area contributed by atoms with Gasteiger partial charge >= 0.3 is 0 Å². The molecule has 0 bridgehead atoms.